The molecule has 4 heteroatoms. The monoisotopic (exact) mass is 275 g/mol. The first-order valence-corrected chi connectivity index (χ1v) is 7.48. The second kappa shape index (κ2) is 6.64. The van der Waals surface area contributed by atoms with Crippen molar-refractivity contribution in [3.8, 4) is 0 Å². The average molecular weight is 275 g/mol. The van der Waals surface area contributed by atoms with Crippen molar-refractivity contribution in [2.45, 2.75) is 33.2 Å². The molecule has 4 nitrogen and oxygen atoms in total. The van der Waals surface area contributed by atoms with Crippen LogP contribution in [0, 0.1) is 5.92 Å². The van der Waals surface area contributed by atoms with E-state index in [1.807, 2.05) is 41.0 Å². The van der Waals surface area contributed by atoms with E-state index in [-0.39, 0.29) is 6.03 Å². The van der Waals surface area contributed by atoms with Crippen LogP contribution in [0.15, 0.2) is 24.3 Å². The lowest BCUT2D eigenvalue weighted by atomic mass is 10.0. The Morgan fingerprint density at radius 1 is 1.50 bits per heavy atom. The summed E-state index contributed by atoms with van der Waals surface area (Å²) in [5.74, 6) is 0.610. The van der Waals surface area contributed by atoms with Crippen molar-refractivity contribution in [3.05, 3.63) is 29.8 Å². The second-order valence-corrected chi connectivity index (χ2v) is 5.74. The van der Waals surface area contributed by atoms with E-state index in [2.05, 4.69) is 6.92 Å². The quantitative estimate of drug-likeness (QED) is 0.862. The van der Waals surface area contributed by atoms with Gasteiger partial charge in [-0.1, -0.05) is 19.1 Å². The fraction of sp³-hybridized carbons (Fsp3) is 0.562. The van der Waals surface area contributed by atoms with Crippen LogP contribution < -0.4 is 5.73 Å². The maximum absolute atomic E-state index is 12.6. The van der Waals surface area contributed by atoms with Crippen LogP contribution in [0.1, 0.15) is 32.3 Å². The number of carbonyl (C=O) groups is 1. The molecule has 1 saturated heterocycles. The van der Waals surface area contributed by atoms with E-state index < -0.39 is 0 Å². The highest BCUT2D eigenvalue weighted by Crippen LogP contribution is 2.18. The molecule has 0 bridgehead atoms. The summed E-state index contributed by atoms with van der Waals surface area (Å²) in [5.41, 5.74) is 7.63. The summed E-state index contributed by atoms with van der Waals surface area (Å²) < 4.78 is 0. The second-order valence-electron chi connectivity index (χ2n) is 5.74. The van der Waals surface area contributed by atoms with Crippen LogP contribution in [0.25, 0.3) is 0 Å². The SMILES string of the molecule is CCN(Cc1cccc(N)c1)C(=O)N1CCCC(C)C1. The van der Waals surface area contributed by atoms with Crippen molar-refractivity contribution >= 4 is 11.7 Å². The number of piperidine rings is 1. The summed E-state index contributed by atoms with van der Waals surface area (Å²) in [6.07, 6.45) is 2.34. The Balaban J connectivity index is 2.02. The number of urea groups is 1. The van der Waals surface area contributed by atoms with Crippen molar-refractivity contribution in [2.75, 3.05) is 25.4 Å². The molecule has 1 atom stereocenters. The van der Waals surface area contributed by atoms with E-state index in [1.165, 1.54) is 6.42 Å². The largest absolute Gasteiger partial charge is 0.399 e. The Bertz CT molecular complexity index is 461. The van der Waals surface area contributed by atoms with Gasteiger partial charge in [0.1, 0.15) is 0 Å². The highest BCUT2D eigenvalue weighted by atomic mass is 16.2. The molecule has 0 radical (unpaired) electrons. The number of nitrogens with zero attached hydrogens (tertiary/aromatic N) is 2. The number of nitrogen functional groups attached to an aromatic ring is 1. The van der Waals surface area contributed by atoms with Gasteiger partial charge >= 0.3 is 6.03 Å². The average Bonchev–Trinajstić information content (AvgIpc) is 2.44. The summed E-state index contributed by atoms with van der Waals surface area (Å²) in [6, 6.07) is 7.92. The zero-order valence-electron chi connectivity index (χ0n) is 12.5. The van der Waals surface area contributed by atoms with Crippen LogP contribution in [0.3, 0.4) is 0 Å². The third-order valence-corrected chi connectivity index (χ3v) is 3.90. The van der Waals surface area contributed by atoms with E-state index >= 15 is 0 Å². The molecule has 110 valence electrons. The number of carbonyl (C=O) groups excluding carboxylic acids is 1. The summed E-state index contributed by atoms with van der Waals surface area (Å²) in [4.78, 5) is 16.5. The molecule has 0 spiro atoms. The van der Waals surface area contributed by atoms with E-state index in [0.717, 1.165) is 37.3 Å². The molecule has 0 saturated carbocycles. The Labute approximate surface area is 121 Å². The zero-order chi connectivity index (χ0) is 14.5. The molecule has 1 aromatic rings. The van der Waals surface area contributed by atoms with Gasteiger partial charge in [0.25, 0.3) is 0 Å². The Morgan fingerprint density at radius 3 is 2.95 bits per heavy atom. The van der Waals surface area contributed by atoms with Crippen LogP contribution in [0.4, 0.5) is 10.5 Å². The highest BCUT2D eigenvalue weighted by Gasteiger charge is 2.24. The lowest BCUT2D eigenvalue weighted by Crippen LogP contribution is -2.46. The van der Waals surface area contributed by atoms with Crippen molar-refractivity contribution < 1.29 is 4.79 Å². The van der Waals surface area contributed by atoms with Crippen molar-refractivity contribution in [1.29, 1.82) is 0 Å². The zero-order valence-corrected chi connectivity index (χ0v) is 12.5. The molecule has 2 rings (SSSR count). The molecule has 1 unspecified atom stereocenters. The highest BCUT2D eigenvalue weighted by molar-refractivity contribution is 5.74. The van der Waals surface area contributed by atoms with Crippen LogP contribution in [0.5, 0.6) is 0 Å². The van der Waals surface area contributed by atoms with E-state index in [9.17, 15) is 4.79 Å². The number of anilines is 1. The first kappa shape index (κ1) is 14.7. The summed E-state index contributed by atoms with van der Waals surface area (Å²) in [5, 5.41) is 0. The molecule has 0 aliphatic carbocycles. The molecular formula is C16H25N3O. The topological polar surface area (TPSA) is 49.6 Å². The minimum Gasteiger partial charge on any atom is -0.399 e. The molecular weight excluding hydrogens is 250 g/mol. The molecule has 1 heterocycles. The fourth-order valence-corrected chi connectivity index (χ4v) is 2.79. The number of nitrogens with two attached hydrogens (primary N) is 1. The third-order valence-electron chi connectivity index (χ3n) is 3.90. The van der Waals surface area contributed by atoms with E-state index in [1.54, 1.807) is 0 Å². The summed E-state index contributed by atoms with van der Waals surface area (Å²) in [6.45, 7) is 7.36. The molecule has 1 aromatic carbocycles. The van der Waals surface area contributed by atoms with Gasteiger partial charge < -0.3 is 15.5 Å². The molecule has 1 aliphatic rings. The predicted molar refractivity (Wildman–Crippen MR) is 82.3 cm³/mol. The molecule has 0 aromatic heterocycles. The Kier molecular flexibility index (Phi) is 4.88. The summed E-state index contributed by atoms with van der Waals surface area (Å²) >= 11 is 0. The van der Waals surface area contributed by atoms with E-state index in [4.69, 9.17) is 5.73 Å². The number of benzene rings is 1. The maximum atomic E-state index is 12.6. The van der Waals surface area contributed by atoms with Crippen LogP contribution in [-0.2, 0) is 6.54 Å². The van der Waals surface area contributed by atoms with Crippen molar-refractivity contribution in [2.24, 2.45) is 5.92 Å². The van der Waals surface area contributed by atoms with Gasteiger partial charge in [0, 0.05) is 31.9 Å². The summed E-state index contributed by atoms with van der Waals surface area (Å²) in [7, 11) is 0. The number of amides is 2. The minimum absolute atomic E-state index is 0.154. The van der Waals surface area contributed by atoms with Crippen LogP contribution in [-0.4, -0.2) is 35.5 Å². The number of hydrogen-bond acceptors (Lipinski definition) is 2. The smallest absolute Gasteiger partial charge is 0.320 e. The lowest BCUT2D eigenvalue weighted by Gasteiger charge is -2.35. The van der Waals surface area contributed by atoms with Gasteiger partial charge in [0.2, 0.25) is 0 Å². The Morgan fingerprint density at radius 2 is 2.30 bits per heavy atom. The van der Waals surface area contributed by atoms with Gasteiger partial charge in [0.05, 0.1) is 0 Å². The van der Waals surface area contributed by atoms with Gasteiger partial charge in [-0.2, -0.15) is 0 Å². The molecule has 1 fully saturated rings. The third kappa shape index (κ3) is 3.65. The predicted octanol–water partition coefficient (Wildman–Crippen LogP) is 2.94. The lowest BCUT2D eigenvalue weighted by molar-refractivity contribution is 0.131. The first-order chi connectivity index (χ1) is 9.60. The maximum Gasteiger partial charge on any atom is 0.320 e. The molecule has 1 aliphatic heterocycles. The minimum atomic E-state index is 0.154. The molecule has 2 amide bonds. The number of likely N-dealkylation sites (tertiary alicyclic amines) is 1. The van der Waals surface area contributed by atoms with Crippen molar-refractivity contribution in [3.63, 3.8) is 0 Å². The standard InChI is InChI=1S/C16H25N3O/c1-3-18(12-14-7-4-8-15(17)10-14)16(20)19-9-5-6-13(2)11-19/h4,7-8,10,13H,3,5-6,9,11-12,17H2,1-2H3. The molecule has 20 heavy (non-hydrogen) atoms. The number of hydrogen-bond donors (Lipinski definition) is 1. The molecule has 2 N–H and O–H groups in total. The van der Waals surface area contributed by atoms with Gasteiger partial charge in [-0.15, -0.1) is 0 Å². The van der Waals surface area contributed by atoms with Crippen LogP contribution >= 0.6 is 0 Å². The van der Waals surface area contributed by atoms with Gasteiger partial charge in [-0.3, -0.25) is 0 Å². The van der Waals surface area contributed by atoms with Crippen LogP contribution in [0.2, 0.25) is 0 Å². The Hall–Kier alpha value is -1.71. The van der Waals surface area contributed by atoms with E-state index in [0.29, 0.717) is 12.5 Å². The fourth-order valence-electron chi connectivity index (χ4n) is 2.79. The normalized spacial score (nSPS) is 18.9. The van der Waals surface area contributed by atoms with Gasteiger partial charge in [0.15, 0.2) is 0 Å². The van der Waals surface area contributed by atoms with Crippen molar-refractivity contribution in [1.82, 2.24) is 9.80 Å². The van der Waals surface area contributed by atoms with Gasteiger partial charge in [-0.05, 0) is 43.4 Å². The first-order valence-electron chi connectivity index (χ1n) is 7.48. The van der Waals surface area contributed by atoms with Gasteiger partial charge in [-0.25, -0.2) is 4.79 Å². The number of rotatable bonds is 3.